The van der Waals surface area contributed by atoms with Crippen LogP contribution in [0.1, 0.15) is 17.5 Å². The van der Waals surface area contributed by atoms with Crippen LogP contribution in [0.5, 0.6) is 0 Å². The molecule has 1 N–H and O–H groups in total. The number of methoxy groups -OCH3 is 1. The van der Waals surface area contributed by atoms with Crippen molar-refractivity contribution in [2.24, 2.45) is 0 Å². The highest BCUT2D eigenvalue weighted by Gasteiger charge is 1.92. The molecule has 15 heavy (non-hydrogen) atoms. The van der Waals surface area contributed by atoms with Crippen molar-refractivity contribution in [3.05, 3.63) is 35.4 Å². The molecular weight excluding hydrogens is 186 g/mol. The summed E-state index contributed by atoms with van der Waals surface area (Å²) in [6.45, 7) is 4.93. The monoisotopic (exact) mass is 207 g/mol. The van der Waals surface area contributed by atoms with Crippen molar-refractivity contribution in [3.63, 3.8) is 0 Å². The second-order valence-electron chi connectivity index (χ2n) is 3.83. The molecule has 1 aromatic rings. The number of rotatable bonds is 7. The van der Waals surface area contributed by atoms with Gasteiger partial charge in [0.15, 0.2) is 0 Å². The molecule has 0 amide bonds. The van der Waals surface area contributed by atoms with Crippen molar-refractivity contribution in [3.8, 4) is 0 Å². The minimum atomic E-state index is 0.796. The lowest BCUT2D eigenvalue weighted by atomic mass is 10.1. The summed E-state index contributed by atoms with van der Waals surface area (Å²) in [6.07, 6.45) is 2.34. The molecule has 0 atom stereocenters. The largest absolute Gasteiger partial charge is 0.383 e. The van der Waals surface area contributed by atoms with E-state index in [0.29, 0.717) is 0 Å². The Bertz CT molecular complexity index is 256. The summed E-state index contributed by atoms with van der Waals surface area (Å²) in [5.74, 6) is 0. The zero-order chi connectivity index (χ0) is 10.9. The number of benzene rings is 1. The van der Waals surface area contributed by atoms with Crippen molar-refractivity contribution in [2.75, 3.05) is 26.8 Å². The summed E-state index contributed by atoms with van der Waals surface area (Å²) in [5.41, 5.74) is 2.76. The molecule has 0 unspecified atom stereocenters. The van der Waals surface area contributed by atoms with Gasteiger partial charge < -0.3 is 10.1 Å². The molecule has 0 spiro atoms. The van der Waals surface area contributed by atoms with E-state index in [1.165, 1.54) is 17.5 Å². The zero-order valence-corrected chi connectivity index (χ0v) is 9.75. The van der Waals surface area contributed by atoms with Crippen molar-refractivity contribution in [1.29, 1.82) is 0 Å². The van der Waals surface area contributed by atoms with E-state index in [2.05, 4.69) is 36.5 Å². The minimum absolute atomic E-state index is 0.796. The Morgan fingerprint density at radius 1 is 1.13 bits per heavy atom. The van der Waals surface area contributed by atoms with Crippen molar-refractivity contribution in [2.45, 2.75) is 19.8 Å². The van der Waals surface area contributed by atoms with E-state index in [-0.39, 0.29) is 0 Å². The lowest BCUT2D eigenvalue weighted by molar-refractivity contribution is 0.199. The van der Waals surface area contributed by atoms with Crippen LogP contribution in [0.4, 0.5) is 0 Å². The second kappa shape index (κ2) is 7.43. The number of ether oxygens (including phenoxy) is 1. The lowest BCUT2D eigenvalue weighted by Crippen LogP contribution is -2.20. The SMILES string of the molecule is COCCNCCCc1ccc(C)cc1. The fourth-order valence-corrected chi connectivity index (χ4v) is 1.47. The van der Waals surface area contributed by atoms with Gasteiger partial charge in [0.1, 0.15) is 0 Å². The van der Waals surface area contributed by atoms with Crippen LogP contribution in [0.15, 0.2) is 24.3 Å². The Balaban J connectivity index is 2.07. The van der Waals surface area contributed by atoms with E-state index < -0.39 is 0 Å². The zero-order valence-electron chi connectivity index (χ0n) is 9.75. The first kappa shape index (κ1) is 12.2. The Hall–Kier alpha value is -0.860. The van der Waals surface area contributed by atoms with Crippen molar-refractivity contribution < 1.29 is 4.74 Å². The van der Waals surface area contributed by atoms with Crippen molar-refractivity contribution in [1.82, 2.24) is 5.32 Å². The summed E-state index contributed by atoms with van der Waals surface area (Å²) in [5, 5.41) is 3.34. The highest BCUT2D eigenvalue weighted by molar-refractivity contribution is 5.21. The van der Waals surface area contributed by atoms with Crippen LogP contribution in [0.3, 0.4) is 0 Å². The highest BCUT2D eigenvalue weighted by atomic mass is 16.5. The molecule has 0 radical (unpaired) electrons. The fraction of sp³-hybridized carbons (Fsp3) is 0.538. The summed E-state index contributed by atoms with van der Waals surface area (Å²) in [4.78, 5) is 0. The van der Waals surface area contributed by atoms with Crippen LogP contribution in [0.25, 0.3) is 0 Å². The Labute approximate surface area is 92.6 Å². The number of nitrogens with one attached hydrogen (secondary N) is 1. The van der Waals surface area contributed by atoms with Gasteiger partial charge in [-0.25, -0.2) is 0 Å². The summed E-state index contributed by atoms with van der Waals surface area (Å²) < 4.78 is 4.96. The summed E-state index contributed by atoms with van der Waals surface area (Å²) in [6, 6.07) is 8.77. The molecule has 1 rings (SSSR count). The molecule has 0 aliphatic heterocycles. The standard InChI is InChI=1S/C13H21NO/c1-12-5-7-13(8-6-12)4-3-9-14-10-11-15-2/h5-8,14H,3-4,9-11H2,1-2H3. The summed E-state index contributed by atoms with van der Waals surface area (Å²) in [7, 11) is 1.73. The van der Waals surface area contributed by atoms with Crippen molar-refractivity contribution >= 4 is 0 Å². The fourth-order valence-electron chi connectivity index (χ4n) is 1.47. The normalized spacial score (nSPS) is 10.5. The quantitative estimate of drug-likeness (QED) is 0.692. The third-order valence-electron chi connectivity index (χ3n) is 2.42. The molecule has 84 valence electrons. The first-order valence-electron chi connectivity index (χ1n) is 5.58. The second-order valence-corrected chi connectivity index (χ2v) is 3.83. The molecule has 1 aromatic carbocycles. The average molecular weight is 207 g/mol. The van der Waals surface area contributed by atoms with E-state index >= 15 is 0 Å². The molecule has 0 aliphatic carbocycles. The third-order valence-corrected chi connectivity index (χ3v) is 2.42. The van der Waals surface area contributed by atoms with Gasteiger partial charge in [-0.1, -0.05) is 29.8 Å². The number of aryl methyl sites for hydroxylation is 2. The van der Waals surface area contributed by atoms with Gasteiger partial charge in [-0.3, -0.25) is 0 Å². The van der Waals surface area contributed by atoms with E-state index in [1.54, 1.807) is 7.11 Å². The van der Waals surface area contributed by atoms with Gasteiger partial charge in [0, 0.05) is 13.7 Å². The van der Waals surface area contributed by atoms with Crippen LogP contribution in [0, 0.1) is 6.92 Å². The van der Waals surface area contributed by atoms with Crippen LogP contribution < -0.4 is 5.32 Å². The van der Waals surface area contributed by atoms with Crippen LogP contribution in [-0.2, 0) is 11.2 Å². The molecule has 0 heterocycles. The maximum absolute atomic E-state index is 4.96. The van der Waals surface area contributed by atoms with Gasteiger partial charge in [0.2, 0.25) is 0 Å². The van der Waals surface area contributed by atoms with E-state index in [1.807, 2.05) is 0 Å². The average Bonchev–Trinajstić information content (AvgIpc) is 2.26. The number of hydrogen-bond donors (Lipinski definition) is 1. The van der Waals surface area contributed by atoms with Gasteiger partial charge >= 0.3 is 0 Å². The smallest absolute Gasteiger partial charge is 0.0587 e. The van der Waals surface area contributed by atoms with Crippen LogP contribution in [-0.4, -0.2) is 26.8 Å². The van der Waals surface area contributed by atoms with E-state index in [4.69, 9.17) is 4.74 Å². The van der Waals surface area contributed by atoms with Gasteiger partial charge in [-0.15, -0.1) is 0 Å². The molecule has 2 nitrogen and oxygen atoms in total. The Morgan fingerprint density at radius 2 is 1.87 bits per heavy atom. The topological polar surface area (TPSA) is 21.3 Å². The molecule has 0 aromatic heterocycles. The Kier molecular flexibility index (Phi) is 6.05. The maximum Gasteiger partial charge on any atom is 0.0587 e. The van der Waals surface area contributed by atoms with Gasteiger partial charge in [0.05, 0.1) is 6.61 Å². The molecule has 2 heteroatoms. The molecular formula is C13H21NO. The first-order valence-corrected chi connectivity index (χ1v) is 5.58. The third kappa shape index (κ3) is 5.55. The van der Waals surface area contributed by atoms with E-state index in [0.717, 1.165) is 26.1 Å². The highest BCUT2D eigenvalue weighted by Crippen LogP contribution is 2.04. The minimum Gasteiger partial charge on any atom is -0.383 e. The lowest BCUT2D eigenvalue weighted by Gasteiger charge is -2.04. The number of hydrogen-bond acceptors (Lipinski definition) is 2. The molecule has 0 fully saturated rings. The predicted octanol–water partition coefficient (Wildman–Crippen LogP) is 2.16. The Morgan fingerprint density at radius 3 is 2.53 bits per heavy atom. The van der Waals surface area contributed by atoms with Gasteiger partial charge in [-0.2, -0.15) is 0 Å². The maximum atomic E-state index is 4.96. The first-order chi connectivity index (χ1) is 7.33. The summed E-state index contributed by atoms with van der Waals surface area (Å²) >= 11 is 0. The van der Waals surface area contributed by atoms with Gasteiger partial charge in [0.25, 0.3) is 0 Å². The molecule has 0 saturated heterocycles. The molecule has 0 aliphatic rings. The van der Waals surface area contributed by atoms with E-state index in [9.17, 15) is 0 Å². The van der Waals surface area contributed by atoms with Gasteiger partial charge in [-0.05, 0) is 31.9 Å². The van der Waals surface area contributed by atoms with Crippen LogP contribution >= 0.6 is 0 Å². The molecule has 0 saturated carbocycles. The molecule has 0 bridgehead atoms. The predicted molar refractivity (Wildman–Crippen MR) is 64.2 cm³/mol. The van der Waals surface area contributed by atoms with Crippen LogP contribution in [0.2, 0.25) is 0 Å².